The summed E-state index contributed by atoms with van der Waals surface area (Å²) in [5.74, 6) is -1.53. The molecular formula is C16H13Br2ClN2O3. The van der Waals surface area contributed by atoms with Crippen LogP contribution in [-0.4, -0.2) is 32.4 Å². The van der Waals surface area contributed by atoms with E-state index in [-0.39, 0.29) is 45.1 Å². The first-order chi connectivity index (χ1) is 11.4. The molecule has 0 spiro atoms. The zero-order chi connectivity index (χ0) is 17.2. The first kappa shape index (κ1) is 16.5. The van der Waals surface area contributed by atoms with Crippen LogP contribution >= 0.6 is 43.5 Å². The minimum Gasteiger partial charge on any atom is -0.272 e. The molecule has 1 aliphatic heterocycles. The van der Waals surface area contributed by atoms with Crippen molar-refractivity contribution >= 4 is 61.2 Å². The summed E-state index contributed by atoms with van der Waals surface area (Å²) >= 11 is 13.1. The number of imide groups is 1. The highest BCUT2D eigenvalue weighted by Crippen LogP contribution is 2.59. The Morgan fingerprint density at radius 2 is 1.54 bits per heavy atom. The Labute approximate surface area is 160 Å². The number of hydrogen-bond donors (Lipinski definition) is 1. The van der Waals surface area contributed by atoms with Crippen molar-refractivity contribution in [1.29, 1.82) is 0 Å². The van der Waals surface area contributed by atoms with Gasteiger partial charge in [-0.05, 0) is 42.5 Å². The van der Waals surface area contributed by atoms with Crippen molar-refractivity contribution in [2.75, 3.05) is 0 Å². The van der Waals surface area contributed by atoms with Crippen LogP contribution < -0.4 is 5.43 Å². The zero-order valence-electron chi connectivity index (χ0n) is 12.3. The summed E-state index contributed by atoms with van der Waals surface area (Å²) in [6.45, 7) is 0. The maximum absolute atomic E-state index is 12.7. The molecule has 2 saturated carbocycles. The van der Waals surface area contributed by atoms with E-state index in [9.17, 15) is 14.4 Å². The average molecular weight is 477 g/mol. The molecule has 1 aromatic carbocycles. The van der Waals surface area contributed by atoms with Gasteiger partial charge in [-0.25, -0.2) is 0 Å². The van der Waals surface area contributed by atoms with Gasteiger partial charge in [0, 0.05) is 20.2 Å². The number of hydrogen-bond acceptors (Lipinski definition) is 3. The Morgan fingerprint density at radius 1 is 1.04 bits per heavy atom. The summed E-state index contributed by atoms with van der Waals surface area (Å²) in [7, 11) is 0. The van der Waals surface area contributed by atoms with Crippen molar-refractivity contribution in [1.82, 2.24) is 10.4 Å². The van der Waals surface area contributed by atoms with Gasteiger partial charge in [0.05, 0.1) is 11.8 Å². The lowest BCUT2D eigenvalue weighted by molar-refractivity contribution is -0.143. The number of carbonyl (C=O) groups excluding carboxylic acids is 3. The van der Waals surface area contributed by atoms with Crippen molar-refractivity contribution in [2.24, 2.45) is 23.7 Å². The summed E-state index contributed by atoms with van der Waals surface area (Å²) in [6.07, 6.45) is 0.859. The molecule has 126 valence electrons. The SMILES string of the molecule is O=C(NN1C(=O)[C@@H]2[C@H]3C[C@@H]([C@@H](Br)[C@H]3Br)[C@H]2C1=O)c1ccc(Cl)cc1. The summed E-state index contributed by atoms with van der Waals surface area (Å²) in [6, 6.07) is 6.28. The lowest BCUT2D eigenvalue weighted by Gasteiger charge is -2.28. The second-order valence-corrected chi connectivity index (χ2v) is 9.01. The van der Waals surface area contributed by atoms with Crippen LogP contribution in [0.3, 0.4) is 0 Å². The molecule has 3 amide bonds. The monoisotopic (exact) mass is 474 g/mol. The normalized spacial score (nSPS) is 37.0. The molecule has 0 aromatic heterocycles. The second kappa shape index (κ2) is 5.81. The molecule has 3 fully saturated rings. The molecule has 8 heteroatoms. The fourth-order valence-corrected chi connectivity index (χ4v) is 6.23. The summed E-state index contributed by atoms with van der Waals surface area (Å²) < 4.78 is 0. The average Bonchev–Trinajstić information content (AvgIpc) is 3.16. The van der Waals surface area contributed by atoms with Gasteiger partial charge < -0.3 is 0 Å². The molecule has 24 heavy (non-hydrogen) atoms. The van der Waals surface area contributed by atoms with E-state index in [0.717, 1.165) is 11.4 Å². The predicted octanol–water partition coefficient (Wildman–Crippen LogP) is 2.76. The van der Waals surface area contributed by atoms with Crippen molar-refractivity contribution in [3.63, 3.8) is 0 Å². The third kappa shape index (κ3) is 2.28. The third-order valence-electron chi connectivity index (χ3n) is 5.31. The van der Waals surface area contributed by atoms with Crippen molar-refractivity contribution in [2.45, 2.75) is 16.1 Å². The fraction of sp³-hybridized carbons (Fsp3) is 0.438. The summed E-state index contributed by atoms with van der Waals surface area (Å²) in [5.41, 5.74) is 2.81. The van der Waals surface area contributed by atoms with Crippen LogP contribution in [0.4, 0.5) is 0 Å². The lowest BCUT2D eigenvalue weighted by atomic mass is 9.81. The van der Waals surface area contributed by atoms with E-state index in [1.54, 1.807) is 24.3 Å². The van der Waals surface area contributed by atoms with Crippen LogP contribution in [0, 0.1) is 23.7 Å². The van der Waals surface area contributed by atoms with Crippen molar-refractivity contribution in [3.05, 3.63) is 34.9 Å². The number of hydrazine groups is 1. The quantitative estimate of drug-likeness (QED) is 0.527. The molecule has 0 unspecified atom stereocenters. The molecule has 1 aromatic rings. The molecule has 1 saturated heterocycles. The van der Waals surface area contributed by atoms with Gasteiger partial charge >= 0.3 is 0 Å². The van der Waals surface area contributed by atoms with E-state index in [1.165, 1.54) is 0 Å². The summed E-state index contributed by atoms with van der Waals surface area (Å²) in [5, 5.41) is 1.42. The van der Waals surface area contributed by atoms with Crippen molar-refractivity contribution in [3.8, 4) is 0 Å². The predicted molar refractivity (Wildman–Crippen MR) is 94.8 cm³/mol. The van der Waals surface area contributed by atoms with Gasteiger partial charge in [-0.2, -0.15) is 5.01 Å². The Balaban J connectivity index is 1.55. The minimum absolute atomic E-state index is 0.123. The maximum atomic E-state index is 12.7. The molecule has 3 aliphatic rings. The highest BCUT2D eigenvalue weighted by Gasteiger charge is 2.66. The fourth-order valence-electron chi connectivity index (χ4n) is 4.23. The zero-order valence-corrected chi connectivity index (χ0v) is 16.2. The van der Waals surface area contributed by atoms with Crippen LogP contribution in [0.15, 0.2) is 24.3 Å². The van der Waals surface area contributed by atoms with Crippen LogP contribution in [-0.2, 0) is 9.59 Å². The number of benzene rings is 1. The topological polar surface area (TPSA) is 66.5 Å². The second-order valence-electron chi connectivity index (χ2n) is 6.46. The molecule has 2 aliphatic carbocycles. The number of halogens is 3. The Morgan fingerprint density at radius 3 is 2.04 bits per heavy atom. The number of carbonyl (C=O) groups is 3. The van der Waals surface area contributed by atoms with Crippen LogP contribution in [0.2, 0.25) is 5.02 Å². The largest absolute Gasteiger partial charge is 0.272 e. The van der Waals surface area contributed by atoms with E-state index in [1.807, 2.05) is 0 Å². The molecule has 2 bridgehead atoms. The van der Waals surface area contributed by atoms with Gasteiger partial charge in [0.2, 0.25) is 0 Å². The maximum Gasteiger partial charge on any atom is 0.270 e. The molecule has 0 radical (unpaired) electrons. The minimum atomic E-state index is -0.494. The van der Waals surface area contributed by atoms with Gasteiger partial charge in [-0.1, -0.05) is 43.5 Å². The first-order valence-corrected chi connectivity index (χ1v) is 9.83. The smallest absolute Gasteiger partial charge is 0.270 e. The third-order valence-corrected chi connectivity index (χ3v) is 8.77. The van der Waals surface area contributed by atoms with E-state index in [4.69, 9.17) is 11.6 Å². The van der Waals surface area contributed by atoms with E-state index in [2.05, 4.69) is 37.3 Å². The number of nitrogens with one attached hydrogen (secondary N) is 1. The number of alkyl halides is 2. The molecule has 6 atom stereocenters. The highest BCUT2D eigenvalue weighted by atomic mass is 79.9. The molecule has 5 nitrogen and oxygen atoms in total. The number of amides is 3. The summed E-state index contributed by atoms with van der Waals surface area (Å²) in [4.78, 5) is 38.0. The molecule has 4 rings (SSSR count). The van der Waals surface area contributed by atoms with Crippen LogP contribution in [0.1, 0.15) is 16.8 Å². The van der Waals surface area contributed by atoms with Gasteiger partial charge in [0.25, 0.3) is 17.7 Å². The standard InChI is InChI=1S/C16H13Br2ClN2O3/c17-12-8-5-9(13(12)18)11-10(8)15(23)21(16(11)24)20-14(22)6-1-3-7(19)4-2-6/h1-4,8-13H,5H2,(H,20,22)/t8-,9-,10-,11-,12-,13+/m1/s1. The van der Waals surface area contributed by atoms with Crippen LogP contribution in [0.25, 0.3) is 0 Å². The number of nitrogens with zero attached hydrogens (tertiary/aromatic N) is 1. The van der Waals surface area contributed by atoms with Crippen LogP contribution in [0.5, 0.6) is 0 Å². The Bertz CT molecular complexity index is 709. The number of rotatable bonds is 2. The Kier molecular flexibility index (Phi) is 4.01. The lowest BCUT2D eigenvalue weighted by Crippen LogP contribution is -2.47. The first-order valence-electron chi connectivity index (χ1n) is 7.62. The molecular weight excluding hydrogens is 463 g/mol. The Hall–Kier alpha value is -0.920. The van der Waals surface area contributed by atoms with E-state index >= 15 is 0 Å². The highest BCUT2D eigenvalue weighted by molar-refractivity contribution is 9.12. The van der Waals surface area contributed by atoms with Gasteiger partial charge in [0.15, 0.2) is 0 Å². The van der Waals surface area contributed by atoms with Gasteiger partial charge in [-0.3, -0.25) is 19.8 Å². The van der Waals surface area contributed by atoms with E-state index < -0.39 is 5.91 Å². The van der Waals surface area contributed by atoms with Crippen molar-refractivity contribution < 1.29 is 14.4 Å². The molecule has 1 N–H and O–H groups in total. The van der Waals surface area contributed by atoms with E-state index in [0.29, 0.717) is 10.6 Å². The number of fused-ring (bicyclic) bond motifs is 5. The molecule has 1 heterocycles. The van der Waals surface area contributed by atoms with Gasteiger partial charge in [-0.15, -0.1) is 0 Å². The van der Waals surface area contributed by atoms with Gasteiger partial charge in [0.1, 0.15) is 0 Å².